The first-order valence-electron chi connectivity index (χ1n) is 6.95. The summed E-state index contributed by atoms with van der Waals surface area (Å²) >= 11 is 3.97. The lowest BCUT2D eigenvalue weighted by molar-refractivity contribution is 0.379. The number of hydrogen-bond acceptors (Lipinski definition) is 4. The minimum Gasteiger partial charge on any atom is -0.494 e. The normalized spacial score (nSPS) is 24.4. The van der Waals surface area contributed by atoms with E-state index in [2.05, 4.69) is 12.2 Å². The standard InChI is InChI=1S/C15H22FNOS2/c1-4-12-15(20-9-8-19-12)14(17-2)10-6-5-7-11(18-3)13(10)16/h5-7,12,14-15,17H,4,8-9H2,1-3H3. The fraction of sp³-hybridized carbons (Fsp3) is 0.600. The SMILES string of the molecule is CCC1SCCSC1C(NC)c1cccc(OC)c1F. The molecular formula is C15H22FNOS2. The molecule has 2 rings (SSSR count). The van der Waals surface area contributed by atoms with Gasteiger partial charge in [0.15, 0.2) is 11.6 Å². The molecule has 5 heteroatoms. The van der Waals surface area contributed by atoms with Crippen molar-refractivity contribution in [2.75, 3.05) is 25.7 Å². The molecule has 0 saturated carbocycles. The molecule has 1 aromatic rings. The first-order chi connectivity index (χ1) is 9.72. The van der Waals surface area contributed by atoms with Crippen molar-refractivity contribution in [1.29, 1.82) is 0 Å². The molecule has 1 N–H and O–H groups in total. The molecule has 0 aromatic heterocycles. The Morgan fingerprint density at radius 2 is 2.15 bits per heavy atom. The van der Waals surface area contributed by atoms with E-state index in [0.29, 0.717) is 21.8 Å². The van der Waals surface area contributed by atoms with Crippen LogP contribution in [0.3, 0.4) is 0 Å². The lowest BCUT2D eigenvalue weighted by atomic mass is 9.99. The van der Waals surface area contributed by atoms with E-state index in [9.17, 15) is 4.39 Å². The Hall–Kier alpha value is -0.390. The summed E-state index contributed by atoms with van der Waals surface area (Å²) in [5.41, 5.74) is 0.713. The summed E-state index contributed by atoms with van der Waals surface area (Å²) < 4.78 is 19.6. The number of benzene rings is 1. The second-order valence-electron chi connectivity index (χ2n) is 4.78. The molecule has 3 unspecified atom stereocenters. The zero-order valence-corrected chi connectivity index (χ0v) is 13.8. The molecule has 1 fully saturated rings. The van der Waals surface area contributed by atoms with Crippen LogP contribution in [0.25, 0.3) is 0 Å². The summed E-state index contributed by atoms with van der Waals surface area (Å²) in [5.74, 6) is 2.41. The van der Waals surface area contributed by atoms with Gasteiger partial charge in [0.2, 0.25) is 0 Å². The van der Waals surface area contributed by atoms with E-state index in [4.69, 9.17) is 4.74 Å². The fourth-order valence-corrected chi connectivity index (χ4v) is 5.95. The molecule has 0 spiro atoms. The summed E-state index contributed by atoms with van der Waals surface area (Å²) in [5, 5.41) is 4.28. The van der Waals surface area contributed by atoms with Gasteiger partial charge in [-0.3, -0.25) is 0 Å². The van der Waals surface area contributed by atoms with Gasteiger partial charge in [-0.25, -0.2) is 4.39 Å². The maximum Gasteiger partial charge on any atom is 0.169 e. The van der Waals surface area contributed by atoms with Crippen molar-refractivity contribution < 1.29 is 9.13 Å². The molecule has 20 heavy (non-hydrogen) atoms. The van der Waals surface area contributed by atoms with E-state index in [1.54, 1.807) is 6.07 Å². The Bertz CT molecular complexity index is 444. The largest absolute Gasteiger partial charge is 0.494 e. The highest BCUT2D eigenvalue weighted by Crippen LogP contribution is 2.41. The maximum atomic E-state index is 14.5. The van der Waals surface area contributed by atoms with Crippen LogP contribution in [0.2, 0.25) is 0 Å². The Balaban J connectivity index is 2.31. The van der Waals surface area contributed by atoms with Crippen molar-refractivity contribution >= 4 is 23.5 Å². The van der Waals surface area contributed by atoms with E-state index in [1.807, 2.05) is 42.7 Å². The van der Waals surface area contributed by atoms with Crippen LogP contribution in [-0.4, -0.2) is 36.2 Å². The van der Waals surface area contributed by atoms with Gasteiger partial charge in [0, 0.05) is 33.6 Å². The highest BCUT2D eigenvalue weighted by molar-refractivity contribution is 8.07. The molecule has 1 aliphatic rings. The minimum atomic E-state index is -0.236. The Morgan fingerprint density at radius 3 is 2.80 bits per heavy atom. The van der Waals surface area contributed by atoms with Gasteiger partial charge in [-0.15, -0.1) is 0 Å². The number of nitrogens with one attached hydrogen (secondary N) is 1. The average molecular weight is 315 g/mol. The van der Waals surface area contributed by atoms with Crippen LogP contribution in [0.15, 0.2) is 18.2 Å². The topological polar surface area (TPSA) is 21.3 Å². The quantitative estimate of drug-likeness (QED) is 0.893. The third-order valence-corrected chi connectivity index (χ3v) is 7.03. The second kappa shape index (κ2) is 7.57. The predicted molar refractivity (Wildman–Crippen MR) is 87.5 cm³/mol. The van der Waals surface area contributed by atoms with Gasteiger partial charge < -0.3 is 10.1 Å². The van der Waals surface area contributed by atoms with E-state index in [0.717, 1.165) is 12.2 Å². The van der Waals surface area contributed by atoms with Crippen LogP contribution >= 0.6 is 23.5 Å². The van der Waals surface area contributed by atoms with E-state index < -0.39 is 0 Å². The summed E-state index contributed by atoms with van der Waals surface area (Å²) in [6.45, 7) is 2.21. The molecule has 1 saturated heterocycles. The van der Waals surface area contributed by atoms with Gasteiger partial charge in [0.1, 0.15) is 0 Å². The number of thioether (sulfide) groups is 2. The lowest BCUT2D eigenvalue weighted by Gasteiger charge is -2.36. The smallest absolute Gasteiger partial charge is 0.169 e. The molecule has 0 aliphatic carbocycles. The van der Waals surface area contributed by atoms with Crippen LogP contribution < -0.4 is 10.1 Å². The van der Waals surface area contributed by atoms with Gasteiger partial charge in [0.05, 0.1) is 7.11 Å². The average Bonchev–Trinajstić information content (AvgIpc) is 2.50. The van der Waals surface area contributed by atoms with Gasteiger partial charge in [-0.2, -0.15) is 23.5 Å². The van der Waals surface area contributed by atoms with Crippen molar-refractivity contribution in [3.8, 4) is 5.75 Å². The molecule has 0 bridgehead atoms. The van der Waals surface area contributed by atoms with E-state index in [1.165, 1.54) is 12.9 Å². The summed E-state index contributed by atoms with van der Waals surface area (Å²) in [6, 6.07) is 5.42. The van der Waals surface area contributed by atoms with Crippen LogP contribution in [0.5, 0.6) is 5.75 Å². The summed E-state index contributed by atoms with van der Waals surface area (Å²) in [6.07, 6.45) is 1.12. The van der Waals surface area contributed by atoms with Gasteiger partial charge in [0.25, 0.3) is 0 Å². The van der Waals surface area contributed by atoms with Crippen molar-refractivity contribution in [2.24, 2.45) is 0 Å². The second-order valence-corrected chi connectivity index (χ2v) is 7.42. The third-order valence-electron chi connectivity index (χ3n) is 3.68. The molecular weight excluding hydrogens is 293 g/mol. The van der Waals surface area contributed by atoms with E-state index in [-0.39, 0.29) is 11.9 Å². The summed E-state index contributed by atoms with van der Waals surface area (Å²) in [4.78, 5) is 0. The highest BCUT2D eigenvalue weighted by atomic mass is 32.2. The van der Waals surface area contributed by atoms with Crippen LogP contribution in [0.1, 0.15) is 24.9 Å². The first-order valence-corrected chi connectivity index (χ1v) is 9.05. The van der Waals surface area contributed by atoms with Crippen molar-refractivity contribution in [3.05, 3.63) is 29.6 Å². The molecule has 0 radical (unpaired) electrons. The zero-order valence-electron chi connectivity index (χ0n) is 12.2. The molecule has 112 valence electrons. The van der Waals surface area contributed by atoms with Gasteiger partial charge >= 0.3 is 0 Å². The molecule has 1 aliphatic heterocycles. The van der Waals surface area contributed by atoms with E-state index >= 15 is 0 Å². The third kappa shape index (κ3) is 3.26. The summed E-state index contributed by atoms with van der Waals surface area (Å²) in [7, 11) is 3.42. The molecule has 0 amide bonds. The molecule has 1 aromatic carbocycles. The van der Waals surface area contributed by atoms with Crippen LogP contribution in [0, 0.1) is 5.82 Å². The molecule has 3 atom stereocenters. The van der Waals surface area contributed by atoms with Crippen LogP contribution in [-0.2, 0) is 0 Å². The van der Waals surface area contributed by atoms with Crippen LogP contribution in [0.4, 0.5) is 4.39 Å². The van der Waals surface area contributed by atoms with Crippen molar-refractivity contribution in [3.63, 3.8) is 0 Å². The monoisotopic (exact) mass is 315 g/mol. The van der Waals surface area contributed by atoms with Gasteiger partial charge in [-0.05, 0) is 19.5 Å². The Kier molecular flexibility index (Phi) is 6.05. The van der Waals surface area contributed by atoms with Crippen molar-refractivity contribution in [2.45, 2.75) is 29.9 Å². The van der Waals surface area contributed by atoms with Crippen molar-refractivity contribution in [1.82, 2.24) is 5.32 Å². The number of halogens is 1. The molecule has 2 nitrogen and oxygen atoms in total. The highest BCUT2D eigenvalue weighted by Gasteiger charge is 2.33. The fourth-order valence-electron chi connectivity index (χ4n) is 2.67. The zero-order chi connectivity index (χ0) is 14.5. The predicted octanol–water partition coefficient (Wildman–Crippen LogP) is 3.72. The minimum absolute atomic E-state index is 0.0212. The lowest BCUT2D eigenvalue weighted by Crippen LogP contribution is -2.37. The molecule has 1 heterocycles. The number of rotatable bonds is 5. The maximum absolute atomic E-state index is 14.5. The number of methoxy groups -OCH3 is 1. The Labute approximate surface area is 129 Å². The first kappa shape index (κ1) is 16.0. The van der Waals surface area contributed by atoms with Gasteiger partial charge in [-0.1, -0.05) is 19.1 Å². The number of hydrogen-bond donors (Lipinski definition) is 1. The Morgan fingerprint density at radius 1 is 1.40 bits per heavy atom. The number of ether oxygens (including phenoxy) is 1.